The molecule has 2 heterocycles. The minimum atomic E-state index is -1.07. The third kappa shape index (κ3) is 5.84. The fourth-order valence-electron chi connectivity index (χ4n) is 4.38. The van der Waals surface area contributed by atoms with Gasteiger partial charge in [0.1, 0.15) is 0 Å². The van der Waals surface area contributed by atoms with Gasteiger partial charge < -0.3 is 25.2 Å². The number of aliphatic hydroxyl groups is 1. The van der Waals surface area contributed by atoms with Crippen LogP contribution in [0.2, 0.25) is 0 Å². The van der Waals surface area contributed by atoms with E-state index in [0.29, 0.717) is 47.5 Å². The molecule has 0 aliphatic carbocycles. The Morgan fingerprint density at radius 2 is 1.94 bits per heavy atom. The summed E-state index contributed by atoms with van der Waals surface area (Å²) in [4.78, 5) is 26.1. The number of amides is 1. The van der Waals surface area contributed by atoms with Crippen LogP contribution < -0.4 is 10.2 Å². The molecule has 10 nitrogen and oxygen atoms in total. The van der Waals surface area contributed by atoms with Gasteiger partial charge >= 0.3 is 5.97 Å². The van der Waals surface area contributed by atoms with Crippen LogP contribution in [0.1, 0.15) is 30.1 Å². The first-order valence-electron chi connectivity index (χ1n) is 11.3. The number of β-amino-alcohol motifs (C(OH)–C–C–N with tert-alkyl or cyclic N) is 1. The number of carbonyl (C=O) groups excluding carboxylic acids is 1. The number of carboxylic acids is 1. The van der Waals surface area contributed by atoms with Crippen molar-refractivity contribution in [2.24, 2.45) is 0 Å². The molecule has 3 N–H and O–H groups in total. The molecule has 0 saturated heterocycles. The van der Waals surface area contributed by atoms with Crippen LogP contribution in [-0.2, 0) is 20.7 Å². The number of fused-ring (bicyclic) bond motifs is 1. The minimum absolute atomic E-state index is 0.134. The van der Waals surface area contributed by atoms with Crippen LogP contribution in [0.3, 0.4) is 0 Å². The fourth-order valence-corrected chi connectivity index (χ4v) is 4.97. The summed E-state index contributed by atoms with van der Waals surface area (Å²) in [5.41, 5.74) is 3.67. The fraction of sp³-hybridized carbons (Fsp3) is 0.333. The number of aliphatic hydroxyl groups excluding tert-OH is 1. The van der Waals surface area contributed by atoms with E-state index in [1.54, 1.807) is 28.8 Å². The number of nitrogens with one attached hydrogen (secondary N) is 1. The van der Waals surface area contributed by atoms with Gasteiger partial charge in [0.05, 0.1) is 11.8 Å². The lowest BCUT2D eigenvalue weighted by atomic mass is 9.95. The van der Waals surface area contributed by atoms with Gasteiger partial charge in [-0.1, -0.05) is 18.2 Å². The van der Waals surface area contributed by atoms with E-state index in [-0.39, 0.29) is 12.3 Å². The highest BCUT2D eigenvalue weighted by Crippen LogP contribution is 2.31. The summed E-state index contributed by atoms with van der Waals surface area (Å²) in [5, 5.41) is 31.2. The van der Waals surface area contributed by atoms with Gasteiger partial charge in [-0.25, -0.2) is 4.79 Å². The van der Waals surface area contributed by atoms with Gasteiger partial charge in [0.15, 0.2) is 16.4 Å². The molecule has 0 spiro atoms. The predicted octanol–water partition coefficient (Wildman–Crippen LogP) is 2.76. The van der Waals surface area contributed by atoms with Crippen molar-refractivity contribution in [3.05, 3.63) is 53.6 Å². The Balaban J connectivity index is 1.37. The van der Waals surface area contributed by atoms with Crippen molar-refractivity contribution in [1.82, 2.24) is 14.8 Å². The number of nitrogens with zero attached hydrogens (tertiary/aromatic N) is 4. The molecule has 190 valence electrons. The lowest BCUT2D eigenvalue weighted by molar-refractivity contribution is -0.148. The maximum Gasteiger partial charge on any atom is 0.337 e. The first kappa shape index (κ1) is 26.0. The van der Waals surface area contributed by atoms with Crippen molar-refractivity contribution in [3.8, 4) is 5.69 Å². The average Bonchev–Trinajstić information content (AvgIpc) is 3.17. The second-order valence-corrected chi connectivity index (χ2v) is 9.28. The van der Waals surface area contributed by atoms with Crippen LogP contribution >= 0.6 is 25.3 Å². The molecule has 2 unspecified atom stereocenters. The molecule has 0 bridgehead atoms. The van der Waals surface area contributed by atoms with Gasteiger partial charge in [-0.2, -0.15) is 0 Å². The molecular weight excluding hydrogens is 502 g/mol. The van der Waals surface area contributed by atoms with Gasteiger partial charge in [0, 0.05) is 44.4 Å². The Bertz CT molecular complexity index is 1250. The van der Waals surface area contributed by atoms with Crippen LogP contribution in [0, 0.1) is 0 Å². The number of ether oxygens (including phenoxy) is 1. The van der Waals surface area contributed by atoms with Crippen LogP contribution in [0.15, 0.2) is 52.8 Å². The topological polar surface area (TPSA) is 130 Å². The Morgan fingerprint density at radius 3 is 2.64 bits per heavy atom. The quantitative estimate of drug-likeness (QED) is 0.268. The summed E-state index contributed by atoms with van der Waals surface area (Å²) in [7, 11) is 1.35. The van der Waals surface area contributed by atoms with Crippen molar-refractivity contribution in [3.63, 3.8) is 0 Å². The van der Waals surface area contributed by atoms with Crippen molar-refractivity contribution in [1.29, 1.82) is 0 Å². The van der Waals surface area contributed by atoms with E-state index < -0.39 is 18.2 Å². The molecule has 0 saturated carbocycles. The van der Waals surface area contributed by atoms with Crippen LogP contribution in [0.5, 0.6) is 0 Å². The third-order valence-electron chi connectivity index (χ3n) is 5.94. The number of methoxy groups -OCH3 is 1. The SMILES string of the molecule is COC(C(=O)O)c1ccc2c(c1)CC(O)CN2CCCC(=O)Nc1cccc(-n2c(S)nnc2S)c1. The number of aliphatic carboxylic acids is 1. The monoisotopic (exact) mass is 529 g/mol. The molecule has 12 heteroatoms. The van der Waals surface area contributed by atoms with E-state index in [0.717, 1.165) is 16.9 Å². The highest BCUT2D eigenvalue weighted by Gasteiger charge is 2.26. The van der Waals surface area contributed by atoms with Crippen LogP contribution in [-0.4, -0.2) is 63.2 Å². The third-order valence-corrected chi connectivity index (χ3v) is 6.52. The number of benzene rings is 2. The predicted molar refractivity (Wildman–Crippen MR) is 139 cm³/mol. The molecule has 3 aromatic rings. The summed E-state index contributed by atoms with van der Waals surface area (Å²) >= 11 is 8.57. The van der Waals surface area contributed by atoms with Crippen LogP contribution in [0.4, 0.5) is 11.4 Å². The first-order chi connectivity index (χ1) is 17.3. The molecule has 1 aliphatic heterocycles. The Kier molecular flexibility index (Phi) is 8.19. The zero-order valence-electron chi connectivity index (χ0n) is 19.5. The van der Waals surface area contributed by atoms with Gasteiger partial charge in [-0.15, -0.1) is 35.5 Å². The highest BCUT2D eigenvalue weighted by molar-refractivity contribution is 7.80. The van der Waals surface area contributed by atoms with E-state index in [4.69, 9.17) is 4.74 Å². The van der Waals surface area contributed by atoms with Gasteiger partial charge in [0.25, 0.3) is 0 Å². The lowest BCUT2D eigenvalue weighted by Gasteiger charge is -2.34. The summed E-state index contributed by atoms with van der Waals surface area (Å²) in [6, 6.07) is 12.6. The summed E-state index contributed by atoms with van der Waals surface area (Å²) in [6.07, 6.45) is -0.351. The van der Waals surface area contributed by atoms with Crippen LogP contribution in [0.25, 0.3) is 5.69 Å². The van der Waals surface area contributed by atoms with Crippen molar-refractivity contribution < 1.29 is 24.5 Å². The molecule has 2 aromatic carbocycles. The van der Waals surface area contributed by atoms with Gasteiger partial charge in [-0.3, -0.25) is 9.36 Å². The normalized spacial score (nSPS) is 15.9. The molecular formula is C24H27N5O5S2. The summed E-state index contributed by atoms with van der Waals surface area (Å²) < 4.78 is 6.74. The number of carbonyl (C=O) groups is 2. The summed E-state index contributed by atoms with van der Waals surface area (Å²) in [5.74, 6) is -1.20. The molecule has 1 aromatic heterocycles. The summed E-state index contributed by atoms with van der Waals surface area (Å²) in [6.45, 7) is 1.01. The Morgan fingerprint density at radius 1 is 1.19 bits per heavy atom. The maximum absolute atomic E-state index is 12.6. The lowest BCUT2D eigenvalue weighted by Crippen LogP contribution is -2.39. The molecule has 1 aliphatic rings. The van der Waals surface area contributed by atoms with E-state index >= 15 is 0 Å². The van der Waals surface area contributed by atoms with Gasteiger partial charge in [-0.05, 0) is 41.8 Å². The Labute approximate surface area is 219 Å². The molecule has 0 fully saturated rings. The smallest absolute Gasteiger partial charge is 0.337 e. The second kappa shape index (κ2) is 11.3. The van der Waals surface area contributed by atoms with Gasteiger partial charge in [0.2, 0.25) is 5.91 Å². The zero-order chi connectivity index (χ0) is 25.8. The van der Waals surface area contributed by atoms with Crippen molar-refractivity contribution in [2.75, 3.05) is 30.4 Å². The van der Waals surface area contributed by atoms with E-state index in [1.807, 2.05) is 23.1 Å². The first-order valence-corrected chi connectivity index (χ1v) is 12.2. The molecule has 36 heavy (non-hydrogen) atoms. The molecule has 2 atom stereocenters. The number of aromatic nitrogens is 3. The molecule has 1 amide bonds. The number of thiol groups is 2. The van der Waals surface area contributed by atoms with Crippen molar-refractivity contribution >= 4 is 48.5 Å². The zero-order valence-corrected chi connectivity index (χ0v) is 21.3. The highest BCUT2D eigenvalue weighted by atomic mass is 32.1. The molecule has 4 rings (SSSR count). The van der Waals surface area contributed by atoms with Crippen molar-refractivity contribution in [2.45, 2.75) is 41.8 Å². The average molecular weight is 530 g/mol. The largest absolute Gasteiger partial charge is 0.479 e. The Hall–Kier alpha value is -3.06. The number of hydrogen-bond acceptors (Lipinski definition) is 9. The molecule has 0 radical (unpaired) electrons. The second-order valence-electron chi connectivity index (χ2n) is 8.48. The number of hydrogen-bond donors (Lipinski definition) is 5. The maximum atomic E-state index is 12.6. The van der Waals surface area contributed by atoms with E-state index in [1.165, 1.54) is 7.11 Å². The van der Waals surface area contributed by atoms with E-state index in [2.05, 4.69) is 40.8 Å². The number of anilines is 2. The minimum Gasteiger partial charge on any atom is -0.479 e. The van der Waals surface area contributed by atoms with E-state index in [9.17, 15) is 19.8 Å². The number of carboxylic acid groups (broad SMARTS) is 1. The standard InChI is InChI=1S/C24H27N5O5S2/c1-34-21(22(32)33)14-7-8-19-15(10-14)11-18(30)13-28(19)9-3-6-20(31)25-16-4-2-5-17(12-16)29-23(35)26-27-24(29)36/h2,4-5,7-8,10,12,18,21,30H,3,6,9,11,13H2,1H3,(H,25,31)(H,26,35)(H,27,36)(H,32,33). The number of rotatable bonds is 9.